The Morgan fingerprint density at radius 2 is 1.85 bits per heavy atom. The molecule has 1 fully saturated rings. The summed E-state index contributed by atoms with van der Waals surface area (Å²) in [6.07, 6.45) is 10.9. The SMILES string of the molecule is CCCCc1nc2c(n1Cc1ccc(-c3ccc(Br)cc3OC(=O)OC(C)(C)C)cc1)CC(=NC(=O)[C@@H]1CCCC[C@@H]1C=O)C=C2. The van der Waals surface area contributed by atoms with Crippen LogP contribution in [-0.4, -0.2) is 39.2 Å². The summed E-state index contributed by atoms with van der Waals surface area (Å²) >= 11 is 3.48. The van der Waals surface area contributed by atoms with Crippen molar-refractivity contribution in [2.24, 2.45) is 16.8 Å². The zero-order valence-corrected chi connectivity index (χ0v) is 28.6. The van der Waals surface area contributed by atoms with Gasteiger partial charge in [0.05, 0.1) is 17.1 Å². The molecule has 46 heavy (non-hydrogen) atoms. The summed E-state index contributed by atoms with van der Waals surface area (Å²) in [5.74, 6) is 0.680. The van der Waals surface area contributed by atoms with Crippen LogP contribution in [-0.2, 0) is 33.7 Å². The minimum Gasteiger partial charge on any atom is -0.428 e. The number of carbonyl (C=O) groups excluding carboxylic acids is 3. The highest BCUT2D eigenvalue weighted by Gasteiger charge is 2.31. The van der Waals surface area contributed by atoms with Crippen molar-refractivity contribution in [2.75, 3.05) is 0 Å². The van der Waals surface area contributed by atoms with E-state index in [0.717, 1.165) is 89.6 Å². The lowest BCUT2D eigenvalue weighted by atomic mass is 9.79. The van der Waals surface area contributed by atoms with Crippen LogP contribution in [0.2, 0.25) is 0 Å². The Morgan fingerprint density at radius 3 is 2.57 bits per heavy atom. The number of rotatable bonds is 9. The number of amides is 1. The normalized spacial score (nSPS) is 18.7. The van der Waals surface area contributed by atoms with Crippen molar-refractivity contribution >= 4 is 46.1 Å². The van der Waals surface area contributed by atoms with Gasteiger partial charge in [0, 0.05) is 41.3 Å². The molecule has 0 unspecified atom stereocenters. The summed E-state index contributed by atoms with van der Waals surface area (Å²) in [7, 11) is 0. The van der Waals surface area contributed by atoms with Gasteiger partial charge >= 0.3 is 6.16 Å². The van der Waals surface area contributed by atoms with Crippen molar-refractivity contribution in [1.82, 2.24) is 9.55 Å². The number of hydrogen-bond acceptors (Lipinski definition) is 6. The van der Waals surface area contributed by atoms with E-state index in [0.29, 0.717) is 24.4 Å². The van der Waals surface area contributed by atoms with Gasteiger partial charge in [0.25, 0.3) is 0 Å². The Balaban J connectivity index is 1.38. The van der Waals surface area contributed by atoms with E-state index in [1.807, 2.05) is 36.4 Å². The monoisotopic (exact) mass is 687 g/mol. The second kappa shape index (κ2) is 14.7. The number of allylic oxidation sites excluding steroid dienone is 1. The average Bonchev–Trinajstić information content (AvgIpc) is 3.35. The molecule has 0 radical (unpaired) electrons. The van der Waals surface area contributed by atoms with E-state index in [-0.39, 0.29) is 17.7 Å². The lowest BCUT2D eigenvalue weighted by molar-refractivity contribution is -0.128. The summed E-state index contributed by atoms with van der Waals surface area (Å²) < 4.78 is 14.0. The van der Waals surface area contributed by atoms with Crippen molar-refractivity contribution in [3.05, 3.63) is 75.8 Å². The van der Waals surface area contributed by atoms with Gasteiger partial charge in [-0.25, -0.2) is 14.8 Å². The number of hydrogen-bond donors (Lipinski definition) is 0. The molecule has 2 aromatic carbocycles. The molecule has 1 aromatic heterocycles. The van der Waals surface area contributed by atoms with E-state index in [4.69, 9.17) is 14.5 Å². The van der Waals surface area contributed by atoms with Gasteiger partial charge in [0.1, 0.15) is 23.5 Å². The second-order valence-corrected chi connectivity index (χ2v) is 14.0. The number of imidazole rings is 1. The number of aryl methyl sites for hydroxylation is 1. The van der Waals surface area contributed by atoms with E-state index in [9.17, 15) is 14.4 Å². The van der Waals surface area contributed by atoms with Gasteiger partial charge in [-0.05, 0) is 81.5 Å². The topological polar surface area (TPSA) is 99.8 Å². The number of halogens is 1. The molecule has 1 amide bonds. The number of nitrogens with zero attached hydrogens (tertiary/aromatic N) is 3. The molecular formula is C37H42BrN3O5. The molecule has 8 nitrogen and oxygen atoms in total. The number of aldehydes is 1. The average molecular weight is 689 g/mol. The maximum absolute atomic E-state index is 13.1. The highest BCUT2D eigenvalue weighted by Crippen LogP contribution is 2.34. The van der Waals surface area contributed by atoms with Crippen molar-refractivity contribution in [3.8, 4) is 16.9 Å². The van der Waals surface area contributed by atoms with Crippen molar-refractivity contribution in [3.63, 3.8) is 0 Å². The first-order valence-corrected chi connectivity index (χ1v) is 17.0. The van der Waals surface area contributed by atoms with Crippen LogP contribution in [0, 0.1) is 11.8 Å². The Labute approximate surface area is 279 Å². The number of benzene rings is 2. The fraction of sp³-hybridized carbons (Fsp3) is 0.432. The van der Waals surface area contributed by atoms with Crippen molar-refractivity contribution in [2.45, 2.75) is 91.2 Å². The summed E-state index contributed by atoms with van der Waals surface area (Å²) in [6, 6.07) is 13.8. The molecule has 0 N–H and O–H groups in total. The van der Waals surface area contributed by atoms with Crippen molar-refractivity contribution in [1.29, 1.82) is 0 Å². The number of ether oxygens (including phenoxy) is 2. The first kappa shape index (κ1) is 33.5. The van der Waals surface area contributed by atoms with Crippen molar-refractivity contribution < 1.29 is 23.9 Å². The lowest BCUT2D eigenvalue weighted by Gasteiger charge is -2.25. The first-order valence-electron chi connectivity index (χ1n) is 16.2. The Hall–Kier alpha value is -3.85. The number of aliphatic imine (C=N–C) groups is 1. The summed E-state index contributed by atoms with van der Waals surface area (Å²) in [6.45, 7) is 8.18. The molecule has 242 valence electrons. The highest BCUT2D eigenvalue weighted by atomic mass is 79.9. The largest absolute Gasteiger partial charge is 0.514 e. The molecule has 2 atom stereocenters. The summed E-state index contributed by atoms with van der Waals surface area (Å²) in [5.41, 5.74) is 4.76. The van der Waals surface area contributed by atoms with Crippen LogP contribution < -0.4 is 4.74 Å². The molecule has 0 aliphatic heterocycles. The molecule has 2 aliphatic rings. The van der Waals surface area contributed by atoms with E-state index < -0.39 is 11.8 Å². The van der Waals surface area contributed by atoms with E-state index in [2.05, 4.69) is 44.5 Å². The molecule has 0 spiro atoms. The molecule has 1 heterocycles. The number of fused-ring (bicyclic) bond motifs is 1. The van der Waals surface area contributed by atoms with Crippen LogP contribution in [0.25, 0.3) is 17.2 Å². The Bertz CT molecular complexity index is 1650. The third-order valence-corrected chi connectivity index (χ3v) is 8.91. The quantitative estimate of drug-likeness (QED) is 0.127. The molecule has 1 saturated carbocycles. The van der Waals surface area contributed by atoms with Crippen LogP contribution >= 0.6 is 15.9 Å². The van der Waals surface area contributed by atoms with Gasteiger partial charge in [-0.15, -0.1) is 0 Å². The van der Waals surface area contributed by atoms with Crippen LogP contribution in [0.4, 0.5) is 4.79 Å². The van der Waals surface area contributed by atoms with Gasteiger partial charge in [-0.3, -0.25) is 4.79 Å². The highest BCUT2D eigenvalue weighted by molar-refractivity contribution is 9.10. The van der Waals surface area contributed by atoms with Gasteiger partial charge in [-0.2, -0.15) is 0 Å². The fourth-order valence-electron chi connectivity index (χ4n) is 6.08. The summed E-state index contributed by atoms with van der Waals surface area (Å²) in [5, 5.41) is 0. The molecular weight excluding hydrogens is 646 g/mol. The lowest BCUT2D eigenvalue weighted by Crippen LogP contribution is -2.28. The minimum absolute atomic E-state index is 0.185. The zero-order chi connectivity index (χ0) is 32.8. The molecule has 0 saturated heterocycles. The molecule has 9 heteroatoms. The summed E-state index contributed by atoms with van der Waals surface area (Å²) in [4.78, 5) is 46.7. The minimum atomic E-state index is -0.756. The Morgan fingerprint density at radius 1 is 1.09 bits per heavy atom. The van der Waals surface area contributed by atoms with Crippen LogP contribution in [0.1, 0.15) is 89.0 Å². The van der Waals surface area contributed by atoms with Crippen LogP contribution in [0.3, 0.4) is 0 Å². The Kier molecular flexibility index (Phi) is 10.7. The smallest absolute Gasteiger partial charge is 0.428 e. The predicted octanol–water partition coefficient (Wildman–Crippen LogP) is 8.56. The molecule has 3 aromatic rings. The van der Waals surface area contributed by atoms with Crippen LogP contribution in [0.5, 0.6) is 5.75 Å². The third kappa shape index (κ3) is 8.29. The fourth-order valence-corrected chi connectivity index (χ4v) is 6.42. The van der Waals surface area contributed by atoms with Gasteiger partial charge in [-0.1, -0.05) is 66.4 Å². The molecule has 0 bridgehead atoms. The van der Waals surface area contributed by atoms with Gasteiger partial charge < -0.3 is 18.8 Å². The number of aromatic nitrogens is 2. The third-order valence-electron chi connectivity index (χ3n) is 8.42. The molecule has 2 aliphatic carbocycles. The van der Waals surface area contributed by atoms with Crippen LogP contribution in [0.15, 0.2) is 58.0 Å². The zero-order valence-electron chi connectivity index (χ0n) is 27.1. The maximum atomic E-state index is 13.1. The van der Waals surface area contributed by atoms with Gasteiger partial charge in [0.15, 0.2) is 0 Å². The van der Waals surface area contributed by atoms with E-state index in [1.165, 1.54) is 0 Å². The second-order valence-electron chi connectivity index (χ2n) is 13.1. The number of unbranched alkanes of at least 4 members (excludes halogenated alkanes) is 1. The van der Waals surface area contributed by atoms with E-state index >= 15 is 0 Å². The van der Waals surface area contributed by atoms with Gasteiger partial charge in [0.2, 0.25) is 5.91 Å². The maximum Gasteiger partial charge on any atom is 0.514 e. The first-order chi connectivity index (χ1) is 22.0. The number of carbonyl (C=O) groups is 3. The van der Waals surface area contributed by atoms with E-state index in [1.54, 1.807) is 26.8 Å². The molecule has 5 rings (SSSR count). The predicted molar refractivity (Wildman–Crippen MR) is 183 cm³/mol. The standard InChI is InChI=1S/C37H42BrN3O5/c1-5-6-11-34-40-31-19-17-28(39-35(43)30-10-8-7-9-26(30)23-42)21-32(31)41(34)22-24-12-14-25(15-13-24)29-18-16-27(38)20-33(29)45-36(44)46-37(2,3)4/h12-20,23,26,30H,5-11,21-22H2,1-4H3/t26-,30-/m1/s1.